The molecule has 3 N–H and O–H groups in total. The van der Waals surface area contributed by atoms with E-state index in [9.17, 15) is 18.0 Å². The highest BCUT2D eigenvalue weighted by molar-refractivity contribution is 7.85. The van der Waals surface area contributed by atoms with Crippen molar-refractivity contribution in [1.82, 2.24) is 8.80 Å². The van der Waals surface area contributed by atoms with E-state index in [4.69, 9.17) is 4.55 Å². The molecule has 0 radical (unpaired) electrons. The number of carbonyl (C=O) groups excluding carboxylic acids is 2. The van der Waals surface area contributed by atoms with Crippen LogP contribution in [0.1, 0.15) is 26.3 Å². The first-order valence-electron chi connectivity index (χ1n) is 17.3. The standard InChI is InChI=1S/C36H28N6O2.C7H8O3S/c1-39-31(23-41-21-5-3-7-33(39)41)25-13-17-29(18-14-25)37-35(43)27-9-11-28(12-10-27)36(44)38-30-19-15-26(16-20-30)32-24-42-22-6-4-8-34(42)40(32)2;1-6-2-4-7(5-3-6)11(8,9)10/h3-24H,1-2H3;2-5H,1H3,(H,8,9,10)/p+2. The van der Waals surface area contributed by atoms with Crippen LogP contribution in [0.5, 0.6) is 0 Å². The number of aromatic nitrogens is 4. The molecule has 12 heteroatoms. The maximum atomic E-state index is 12.9. The number of hydrogen-bond acceptors (Lipinski definition) is 4. The van der Waals surface area contributed by atoms with Crippen molar-refractivity contribution in [3.05, 3.63) is 175 Å². The van der Waals surface area contributed by atoms with Crippen LogP contribution in [0.4, 0.5) is 11.4 Å². The molecule has 4 aromatic carbocycles. The first-order chi connectivity index (χ1) is 26.4. The molecular weight excluding hydrogens is 713 g/mol. The van der Waals surface area contributed by atoms with Gasteiger partial charge in [0, 0.05) is 45.8 Å². The van der Waals surface area contributed by atoms with Gasteiger partial charge in [-0.3, -0.25) is 14.1 Å². The summed E-state index contributed by atoms with van der Waals surface area (Å²) in [6.07, 6.45) is 8.21. The Morgan fingerprint density at radius 3 is 1.33 bits per heavy atom. The zero-order valence-electron chi connectivity index (χ0n) is 30.3. The highest BCUT2D eigenvalue weighted by Gasteiger charge is 2.17. The Labute approximate surface area is 318 Å². The molecule has 8 aromatic rings. The lowest BCUT2D eigenvalue weighted by Gasteiger charge is -2.08. The van der Waals surface area contributed by atoms with Gasteiger partial charge in [-0.05, 0) is 104 Å². The Balaban J connectivity index is 0.000000366. The summed E-state index contributed by atoms with van der Waals surface area (Å²) in [6.45, 7) is 1.84. The third-order valence-corrected chi connectivity index (χ3v) is 10.1. The number of anilines is 2. The Morgan fingerprint density at radius 1 is 0.564 bits per heavy atom. The summed E-state index contributed by atoms with van der Waals surface area (Å²) in [5.41, 5.74) is 9.69. The van der Waals surface area contributed by atoms with Gasteiger partial charge in [0.1, 0.15) is 12.4 Å². The molecule has 0 unspecified atom stereocenters. The molecule has 2 amide bonds. The van der Waals surface area contributed by atoms with Crippen LogP contribution in [-0.2, 0) is 24.2 Å². The van der Waals surface area contributed by atoms with Crippen molar-refractivity contribution in [2.24, 2.45) is 14.1 Å². The molecule has 8 rings (SSSR count). The molecule has 4 aromatic heterocycles. The van der Waals surface area contributed by atoms with Gasteiger partial charge in [-0.2, -0.15) is 8.42 Å². The lowest BCUT2D eigenvalue weighted by molar-refractivity contribution is -0.633. The van der Waals surface area contributed by atoms with Crippen molar-refractivity contribution in [1.29, 1.82) is 0 Å². The summed E-state index contributed by atoms with van der Waals surface area (Å²) in [6, 6.07) is 40.3. The average molecular weight is 751 g/mol. The summed E-state index contributed by atoms with van der Waals surface area (Å²) in [4.78, 5) is 25.8. The average Bonchev–Trinajstić information content (AvgIpc) is 3.71. The van der Waals surface area contributed by atoms with E-state index in [0.29, 0.717) is 22.5 Å². The number of nitrogens with one attached hydrogen (secondary N) is 2. The molecule has 0 aliphatic carbocycles. The van der Waals surface area contributed by atoms with E-state index in [1.165, 1.54) is 12.1 Å². The van der Waals surface area contributed by atoms with Crippen molar-refractivity contribution < 1.29 is 31.7 Å². The smallest absolute Gasteiger partial charge is 0.294 e. The van der Waals surface area contributed by atoms with E-state index < -0.39 is 10.1 Å². The molecule has 274 valence electrons. The van der Waals surface area contributed by atoms with Crippen LogP contribution < -0.4 is 19.8 Å². The first kappa shape index (κ1) is 36.5. The summed E-state index contributed by atoms with van der Waals surface area (Å²) < 4.78 is 38.0. The number of imidazole rings is 2. The van der Waals surface area contributed by atoms with E-state index in [2.05, 4.69) is 53.1 Å². The number of nitrogens with zero attached hydrogens (tertiary/aromatic N) is 4. The van der Waals surface area contributed by atoms with Crippen LogP contribution in [0, 0.1) is 6.92 Å². The van der Waals surface area contributed by atoms with Crippen molar-refractivity contribution in [3.8, 4) is 22.5 Å². The Kier molecular flexibility index (Phi) is 10.1. The van der Waals surface area contributed by atoms with Gasteiger partial charge in [-0.1, -0.05) is 29.8 Å². The van der Waals surface area contributed by atoms with Crippen LogP contribution in [0.3, 0.4) is 0 Å². The summed E-state index contributed by atoms with van der Waals surface area (Å²) in [5.74, 6) is -0.487. The van der Waals surface area contributed by atoms with Gasteiger partial charge in [0.2, 0.25) is 0 Å². The minimum atomic E-state index is -4.02. The molecule has 0 saturated carbocycles. The monoisotopic (exact) mass is 750 g/mol. The predicted octanol–water partition coefficient (Wildman–Crippen LogP) is 6.92. The second-order valence-corrected chi connectivity index (χ2v) is 14.4. The van der Waals surface area contributed by atoms with Crippen molar-refractivity contribution in [2.75, 3.05) is 10.6 Å². The van der Waals surface area contributed by atoms with Crippen molar-refractivity contribution >= 4 is 44.6 Å². The van der Waals surface area contributed by atoms with E-state index in [0.717, 1.165) is 39.4 Å². The number of rotatable bonds is 7. The number of amides is 2. The molecule has 55 heavy (non-hydrogen) atoms. The molecule has 0 bridgehead atoms. The lowest BCUT2D eigenvalue weighted by atomic mass is 10.1. The molecule has 0 aliphatic heterocycles. The normalized spacial score (nSPS) is 11.2. The van der Waals surface area contributed by atoms with E-state index in [-0.39, 0.29) is 16.7 Å². The summed E-state index contributed by atoms with van der Waals surface area (Å²) in [5, 5.41) is 5.89. The minimum absolute atomic E-state index is 0.0666. The lowest BCUT2D eigenvalue weighted by Crippen LogP contribution is -2.29. The molecule has 4 heterocycles. The van der Waals surface area contributed by atoms with Gasteiger partial charge >= 0.3 is 0 Å². The van der Waals surface area contributed by atoms with Gasteiger partial charge in [0.25, 0.3) is 33.2 Å². The zero-order chi connectivity index (χ0) is 38.7. The second kappa shape index (κ2) is 15.2. The van der Waals surface area contributed by atoms with E-state index in [1.807, 2.05) is 106 Å². The van der Waals surface area contributed by atoms with Gasteiger partial charge in [0.15, 0.2) is 11.4 Å². The third-order valence-electron chi connectivity index (χ3n) is 9.27. The molecule has 0 spiro atoms. The first-order valence-corrected chi connectivity index (χ1v) is 18.8. The van der Waals surface area contributed by atoms with Crippen LogP contribution in [0.2, 0.25) is 0 Å². The molecule has 0 aliphatic rings. The Bertz CT molecular complexity index is 2620. The topological polar surface area (TPSA) is 129 Å². The van der Waals surface area contributed by atoms with Crippen molar-refractivity contribution in [3.63, 3.8) is 0 Å². The summed E-state index contributed by atoms with van der Waals surface area (Å²) in [7, 11) is 0.0491. The van der Waals surface area contributed by atoms with Crippen LogP contribution in [-0.4, -0.2) is 33.6 Å². The zero-order valence-corrected chi connectivity index (χ0v) is 31.1. The van der Waals surface area contributed by atoms with E-state index >= 15 is 0 Å². The molecule has 11 nitrogen and oxygen atoms in total. The maximum Gasteiger partial charge on any atom is 0.294 e. The fourth-order valence-corrected chi connectivity index (χ4v) is 6.72. The number of hydrogen-bond donors (Lipinski definition) is 3. The van der Waals surface area contributed by atoms with Gasteiger partial charge in [-0.25, -0.2) is 17.9 Å². The Hall–Kier alpha value is -6.89. The number of benzene rings is 4. The molecule has 0 atom stereocenters. The number of fused-ring (bicyclic) bond motifs is 2. The van der Waals surface area contributed by atoms with Gasteiger partial charge < -0.3 is 10.6 Å². The number of aryl methyl sites for hydroxylation is 3. The maximum absolute atomic E-state index is 12.9. The molecule has 0 saturated heterocycles. The van der Waals surface area contributed by atoms with Crippen LogP contribution in [0.15, 0.2) is 163 Å². The Morgan fingerprint density at radius 2 is 0.964 bits per heavy atom. The predicted molar refractivity (Wildman–Crippen MR) is 211 cm³/mol. The van der Waals surface area contributed by atoms with Crippen LogP contribution >= 0.6 is 0 Å². The summed E-state index contributed by atoms with van der Waals surface area (Å²) >= 11 is 0. The van der Waals surface area contributed by atoms with Gasteiger partial charge in [-0.15, -0.1) is 0 Å². The van der Waals surface area contributed by atoms with Crippen LogP contribution in [0.25, 0.3) is 33.8 Å². The molecule has 0 fully saturated rings. The molecular formula is C43H38N6O5S+2. The number of carbonyl (C=O) groups is 2. The highest BCUT2D eigenvalue weighted by atomic mass is 32.2. The largest absolute Gasteiger partial charge is 0.322 e. The SMILES string of the molecule is C[n+]1c(-c2ccc(NC(=O)c3ccc(C(=O)Nc4ccc(-c5cn6ccccc6[n+]5C)cc4)cc3)cc2)cn2ccccc21.Cc1ccc(S(=O)(=O)O)cc1. The van der Waals surface area contributed by atoms with Crippen molar-refractivity contribution in [2.45, 2.75) is 11.8 Å². The van der Waals surface area contributed by atoms with E-state index in [1.54, 1.807) is 36.4 Å². The minimum Gasteiger partial charge on any atom is -0.322 e. The quantitative estimate of drug-likeness (QED) is 0.120. The fraction of sp³-hybridized carbons (Fsp3) is 0.0698. The highest BCUT2D eigenvalue weighted by Crippen LogP contribution is 2.22. The number of pyridine rings is 2. The third kappa shape index (κ3) is 8.05. The van der Waals surface area contributed by atoms with Gasteiger partial charge in [0.05, 0.1) is 31.4 Å². The fourth-order valence-electron chi connectivity index (χ4n) is 6.24. The second-order valence-electron chi connectivity index (χ2n) is 13.0.